The largest absolute Gasteiger partial charge is 0.370 e. The summed E-state index contributed by atoms with van der Waals surface area (Å²) in [7, 11) is 0. The topological polar surface area (TPSA) is 150 Å². The van der Waals surface area contributed by atoms with Gasteiger partial charge in [0.1, 0.15) is 12.1 Å². The van der Waals surface area contributed by atoms with E-state index in [0.29, 0.717) is 11.3 Å². The van der Waals surface area contributed by atoms with Crippen molar-refractivity contribution in [1.29, 1.82) is 5.26 Å². The van der Waals surface area contributed by atoms with Crippen LogP contribution in [0.5, 0.6) is 0 Å². The van der Waals surface area contributed by atoms with E-state index in [9.17, 15) is 29.2 Å². The Bertz CT molecular complexity index is 2480. The molecule has 14 heteroatoms. The fraction of sp³-hybridized carbons (Fsp3) is 0.341. The van der Waals surface area contributed by atoms with Gasteiger partial charge in [-0.05, 0) is 85.5 Å². The molecule has 3 aromatic carbocycles. The molecule has 1 aromatic heterocycles. The summed E-state index contributed by atoms with van der Waals surface area (Å²) in [5, 5.41) is 11.7. The lowest BCUT2D eigenvalue weighted by Crippen LogP contribution is -2.61. The average Bonchev–Trinajstić information content (AvgIpc) is 3.56. The second kappa shape index (κ2) is 13.8. The van der Waals surface area contributed by atoms with Gasteiger partial charge in [-0.2, -0.15) is 5.26 Å². The summed E-state index contributed by atoms with van der Waals surface area (Å²) >= 11 is 6.28. The number of piperazine rings is 1. The van der Waals surface area contributed by atoms with E-state index < -0.39 is 35.1 Å². The minimum absolute atomic E-state index is 0.0858. The molecule has 5 aliphatic heterocycles. The minimum atomic E-state index is -0.979. The van der Waals surface area contributed by atoms with Crippen LogP contribution in [0.4, 0.5) is 22.7 Å². The number of nitrogens with one attached hydrogen (secondary N) is 1. The number of nitrogens with zero attached hydrogens (tertiary/aromatic N) is 7. The maximum Gasteiger partial charge on any atom is 0.262 e. The Hall–Kier alpha value is -6.10. The third-order valence-electron chi connectivity index (χ3n) is 12.3. The van der Waals surface area contributed by atoms with Crippen LogP contribution in [-0.4, -0.2) is 96.2 Å². The Labute approximate surface area is 340 Å². The summed E-state index contributed by atoms with van der Waals surface area (Å²) in [6, 6.07) is 22.6. The van der Waals surface area contributed by atoms with Crippen LogP contribution >= 0.6 is 11.6 Å². The van der Waals surface area contributed by atoms with Crippen LogP contribution < -0.4 is 20.0 Å². The van der Waals surface area contributed by atoms with Gasteiger partial charge in [0.05, 0.1) is 39.1 Å². The number of fused-ring (bicyclic) bond motifs is 2. The molecule has 0 spiro atoms. The normalized spacial score (nSPS) is 21.2. The number of aromatic nitrogens is 1. The zero-order valence-electron chi connectivity index (χ0n) is 32.4. The van der Waals surface area contributed by atoms with E-state index in [1.807, 2.05) is 38.1 Å². The lowest BCUT2D eigenvalue weighted by atomic mass is 9.80. The second-order valence-electron chi connectivity index (χ2n) is 16.8. The molecule has 0 bridgehead atoms. The molecule has 0 aliphatic carbocycles. The zero-order valence-corrected chi connectivity index (χ0v) is 33.2. The predicted octanol–water partition coefficient (Wildman–Crippen LogP) is 5.28. The number of piperidine rings is 1. The van der Waals surface area contributed by atoms with Gasteiger partial charge < -0.3 is 9.80 Å². The summed E-state index contributed by atoms with van der Waals surface area (Å²) in [5.74, 6) is -2.08. The summed E-state index contributed by atoms with van der Waals surface area (Å²) < 4.78 is 0. The van der Waals surface area contributed by atoms with E-state index in [2.05, 4.69) is 62.3 Å². The van der Waals surface area contributed by atoms with E-state index in [-0.39, 0.29) is 40.4 Å². The number of benzene rings is 3. The number of anilines is 4. The fourth-order valence-corrected chi connectivity index (χ4v) is 9.39. The fourth-order valence-electron chi connectivity index (χ4n) is 9.19. The number of hydrogen-bond donors (Lipinski definition) is 1. The van der Waals surface area contributed by atoms with Crippen LogP contribution in [0, 0.1) is 16.7 Å². The van der Waals surface area contributed by atoms with Gasteiger partial charge in [-0.1, -0.05) is 36.7 Å². The molecular formula is C44H41ClN8O5. The number of carbonyl (C=O) groups excluding carboxylic acids is 5. The number of amides is 5. The first-order valence-corrected chi connectivity index (χ1v) is 19.9. The van der Waals surface area contributed by atoms with E-state index in [1.165, 1.54) is 11.9 Å². The molecule has 0 saturated carbocycles. The number of halogens is 1. The predicted molar refractivity (Wildman–Crippen MR) is 218 cm³/mol. The Morgan fingerprint density at radius 3 is 2.19 bits per heavy atom. The van der Waals surface area contributed by atoms with Crippen molar-refractivity contribution in [2.45, 2.75) is 45.1 Å². The van der Waals surface area contributed by atoms with Crippen molar-refractivity contribution < 1.29 is 24.0 Å². The smallest absolute Gasteiger partial charge is 0.262 e. The minimum Gasteiger partial charge on any atom is -0.370 e. The molecule has 5 aliphatic rings. The van der Waals surface area contributed by atoms with Crippen LogP contribution in [0.25, 0.3) is 11.1 Å². The molecule has 9 rings (SSSR count). The van der Waals surface area contributed by atoms with Crippen molar-refractivity contribution in [3.63, 3.8) is 0 Å². The summed E-state index contributed by atoms with van der Waals surface area (Å²) in [6.45, 7) is 12.3. The monoisotopic (exact) mass is 796 g/mol. The highest BCUT2D eigenvalue weighted by atomic mass is 35.5. The quantitative estimate of drug-likeness (QED) is 0.245. The molecule has 3 fully saturated rings. The van der Waals surface area contributed by atoms with E-state index in [1.54, 1.807) is 23.1 Å². The summed E-state index contributed by atoms with van der Waals surface area (Å²) in [4.78, 5) is 78.2. The summed E-state index contributed by atoms with van der Waals surface area (Å²) in [5.41, 5.74) is 6.41. The van der Waals surface area contributed by atoms with Crippen molar-refractivity contribution in [1.82, 2.24) is 20.1 Å². The molecule has 1 atom stereocenters. The van der Waals surface area contributed by atoms with Crippen molar-refractivity contribution in [2.75, 3.05) is 60.5 Å². The highest BCUT2D eigenvalue weighted by molar-refractivity contribution is 6.32. The molecule has 4 aromatic rings. The maximum atomic E-state index is 13.7. The first kappa shape index (κ1) is 37.5. The van der Waals surface area contributed by atoms with Gasteiger partial charge in [-0.3, -0.25) is 44.0 Å². The third-order valence-corrected chi connectivity index (χ3v) is 12.6. The van der Waals surface area contributed by atoms with Crippen LogP contribution in [0.1, 0.15) is 65.6 Å². The van der Waals surface area contributed by atoms with Crippen molar-refractivity contribution >= 4 is 63.9 Å². The average molecular weight is 797 g/mol. The van der Waals surface area contributed by atoms with Gasteiger partial charge in [-0.15, -0.1) is 0 Å². The Balaban J connectivity index is 0.802. The molecule has 294 valence electrons. The lowest BCUT2D eigenvalue weighted by Gasteiger charge is -2.52. The first-order chi connectivity index (χ1) is 27.7. The molecular weight excluding hydrogens is 756 g/mol. The maximum absolute atomic E-state index is 13.7. The zero-order chi connectivity index (χ0) is 40.7. The second-order valence-corrected chi connectivity index (χ2v) is 17.2. The number of pyridine rings is 1. The van der Waals surface area contributed by atoms with Crippen molar-refractivity contribution in [3.05, 3.63) is 100 Å². The van der Waals surface area contributed by atoms with Gasteiger partial charge in [-0.25, -0.2) is 4.98 Å². The molecule has 1 unspecified atom stereocenters. The standard InChI is InChI=1S/C44H41ClN8O5/c1-43(2)33-18-27(6-11-36(33)52(42(43)58)30-20-34(45)35(21-46)47-22-30)26-4-7-28(8-5-26)51-24-44(3,25-51)23-49-14-16-50(17-15-49)29-9-10-31-32(19-29)41(57)53(40(31)56)37-12-13-38(54)48-39(37)55/h4-11,18-20,22,37H,12-17,23-25H2,1-3H3,(H,48,54,55). The Morgan fingerprint density at radius 1 is 0.810 bits per heavy atom. The van der Waals surface area contributed by atoms with Crippen LogP contribution in [0.2, 0.25) is 5.02 Å². The van der Waals surface area contributed by atoms with E-state index >= 15 is 0 Å². The van der Waals surface area contributed by atoms with E-state index in [4.69, 9.17) is 11.6 Å². The van der Waals surface area contributed by atoms with Gasteiger partial charge in [0.15, 0.2) is 5.69 Å². The molecule has 6 heterocycles. The highest BCUT2D eigenvalue weighted by Crippen LogP contribution is 2.47. The van der Waals surface area contributed by atoms with Gasteiger partial charge >= 0.3 is 0 Å². The van der Waals surface area contributed by atoms with Crippen molar-refractivity contribution in [2.24, 2.45) is 5.41 Å². The van der Waals surface area contributed by atoms with Crippen LogP contribution in [0.15, 0.2) is 72.9 Å². The number of carbonyl (C=O) groups is 5. The molecule has 0 radical (unpaired) electrons. The van der Waals surface area contributed by atoms with Crippen LogP contribution in [0.3, 0.4) is 0 Å². The molecule has 5 amide bonds. The van der Waals surface area contributed by atoms with Crippen LogP contribution in [-0.2, 0) is 19.8 Å². The molecule has 1 N–H and O–H groups in total. The highest BCUT2D eigenvalue weighted by Gasteiger charge is 2.47. The Morgan fingerprint density at radius 2 is 1.50 bits per heavy atom. The van der Waals surface area contributed by atoms with E-state index in [0.717, 1.165) is 78.8 Å². The number of nitriles is 1. The summed E-state index contributed by atoms with van der Waals surface area (Å²) in [6.07, 6.45) is 1.73. The van der Waals surface area contributed by atoms with Gasteiger partial charge in [0.25, 0.3) is 11.8 Å². The number of rotatable bonds is 7. The number of hydrogen-bond acceptors (Lipinski definition) is 10. The van der Waals surface area contributed by atoms with Gasteiger partial charge in [0, 0.05) is 69.0 Å². The molecule has 13 nitrogen and oxygen atoms in total. The Kier molecular flexibility index (Phi) is 8.90. The SMILES string of the molecule is CC1(CN2CCN(c3ccc4c(c3)C(=O)N(C3CCC(=O)NC3=O)C4=O)CC2)CN(c2ccc(-c3ccc4c(c3)C(C)(C)C(=O)N4c3cnc(C#N)c(Cl)c3)cc2)C1. The number of imide groups is 2. The third kappa shape index (κ3) is 6.18. The molecule has 3 saturated heterocycles. The first-order valence-electron chi connectivity index (χ1n) is 19.5. The van der Waals surface area contributed by atoms with Gasteiger partial charge in [0.2, 0.25) is 17.7 Å². The van der Waals surface area contributed by atoms with Crippen molar-refractivity contribution in [3.8, 4) is 17.2 Å². The lowest BCUT2D eigenvalue weighted by molar-refractivity contribution is -0.136. The molecule has 58 heavy (non-hydrogen) atoms.